The molecule has 0 fully saturated rings. The number of methoxy groups -OCH3 is 1. The van der Waals surface area contributed by atoms with Gasteiger partial charge in [-0.15, -0.1) is 0 Å². The van der Waals surface area contributed by atoms with E-state index in [1.165, 1.54) is 12.7 Å². The van der Waals surface area contributed by atoms with E-state index in [1.807, 2.05) is 24.3 Å². The average molecular weight is 248 g/mol. The number of carbonyl (C=O) groups excluding carboxylic acids is 2. The standard InChI is InChI=1S/C13H16N2O3/c1-18-11(16)8-15-13(17)12-10-5-3-2-4-9(10)6-7-14-12/h2-5,12,14H,6-8H2,1H3,(H,15,17). The summed E-state index contributed by atoms with van der Waals surface area (Å²) in [7, 11) is 1.29. The fourth-order valence-electron chi connectivity index (χ4n) is 2.07. The van der Waals surface area contributed by atoms with Crippen LogP contribution < -0.4 is 10.6 Å². The Hall–Kier alpha value is -1.88. The van der Waals surface area contributed by atoms with Gasteiger partial charge in [-0.2, -0.15) is 0 Å². The highest BCUT2D eigenvalue weighted by Gasteiger charge is 2.25. The van der Waals surface area contributed by atoms with E-state index in [2.05, 4.69) is 15.4 Å². The van der Waals surface area contributed by atoms with Crippen LogP contribution in [0.5, 0.6) is 0 Å². The van der Waals surface area contributed by atoms with Gasteiger partial charge in [-0.25, -0.2) is 0 Å². The number of carbonyl (C=O) groups is 2. The topological polar surface area (TPSA) is 67.4 Å². The summed E-state index contributed by atoms with van der Waals surface area (Å²) in [5.41, 5.74) is 2.15. The second-order valence-electron chi connectivity index (χ2n) is 4.13. The highest BCUT2D eigenvalue weighted by molar-refractivity contribution is 5.87. The summed E-state index contributed by atoms with van der Waals surface area (Å²) < 4.78 is 4.48. The Labute approximate surface area is 106 Å². The fraction of sp³-hybridized carbons (Fsp3) is 0.385. The molecule has 18 heavy (non-hydrogen) atoms. The second-order valence-corrected chi connectivity index (χ2v) is 4.13. The van der Waals surface area contributed by atoms with E-state index in [9.17, 15) is 9.59 Å². The predicted molar refractivity (Wildman–Crippen MR) is 65.9 cm³/mol. The maximum Gasteiger partial charge on any atom is 0.325 e. The molecule has 0 spiro atoms. The normalized spacial score (nSPS) is 17.7. The molecule has 5 nitrogen and oxygen atoms in total. The number of nitrogens with one attached hydrogen (secondary N) is 2. The molecule has 0 aromatic heterocycles. The van der Waals surface area contributed by atoms with Crippen molar-refractivity contribution in [2.75, 3.05) is 20.2 Å². The lowest BCUT2D eigenvalue weighted by Gasteiger charge is -2.25. The molecule has 2 N–H and O–H groups in total. The van der Waals surface area contributed by atoms with Crippen LogP contribution in [0.15, 0.2) is 24.3 Å². The van der Waals surface area contributed by atoms with Crippen molar-refractivity contribution in [1.82, 2.24) is 10.6 Å². The Morgan fingerprint density at radius 3 is 3.00 bits per heavy atom. The van der Waals surface area contributed by atoms with E-state index in [0.29, 0.717) is 0 Å². The van der Waals surface area contributed by atoms with Crippen molar-refractivity contribution in [3.8, 4) is 0 Å². The highest BCUT2D eigenvalue weighted by Crippen LogP contribution is 2.22. The highest BCUT2D eigenvalue weighted by atomic mass is 16.5. The smallest absolute Gasteiger partial charge is 0.325 e. The predicted octanol–water partition coefficient (Wildman–Crippen LogP) is 0.163. The number of benzene rings is 1. The molecule has 1 heterocycles. The monoisotopic (exact) mass is 248 g/mol. The Kier molecular flexibility index (Phi) is 3.94. The number of fused-ring (bicyclic) bond motifs is 1. The van der Waals surface area contributed by atoms with Gasteiger partial charge in [0.1, 0.15) is 12.6 Å². The van der Waals surface area contributed by atoms with Gasteiger partial charge in [0.15, 0.2) is 0 Å². The number of hydrogen-bond donors (Lipinski definition) is 2. The van der Waals surface area contributed by atoms with Crippen LogP contribution in [0, 0.1) is 0 Å². The Morgan fingerprint density at radius 1 is 1.44 bits per heavy atom. The quantitative estimate of drug-likeness (QED) is 0.748. The largest absolute Gasteiger partial charge is 0.468 e. The summed E-state index contributed by atoms with van der Waals surface area (Å²) in [5.74, 6) is -0.653. The van der Waals surface area contributed by atoms with E-state index in [-0.39, 0.29) is 18.5 Å². The third-order valence-electron chi connectivity index (χ3n) is 3.01. The summed E-state index contributed by atoms with van der Waals surface area (Å²) >= 11 is 0. The van der Waals surface area contributed by atoms with Crippen LogP contribution in [-0.2, 0) is 20.7 Å². The molecule has 2 rings (SSSR count). The number of hydrogen-bond acceptors (Lipinski definition) is 4. The molecule has 0 radical (unpaired) electrons. The van der Waals surface area contributed by atoms with E-state index in [4.69, 9.17) is 0 Å². The molecule has 1 aliphatic rings. The average Bonchev–Trinajstić information content (AvgIpc) is 2.43. The number of esters is 1. The summed E-state index contributed by atoms with van der Waals surface area (Å²) in [4.78, 5) is 23.0. The molecule has 1 aromatic carbocycles. The first-order valence-corrected chi connectivity index (χ1v) is 5.88. The molecule has 1 aliphatic heterocycles. The van der Waals surface area contributed by atoms with Gasteiger partial charge >= 0.3 is 5.97 Å². The zero-order chi connectivity index (χ0) is 13.0. The van der Waals surface area contributed by atoms with Gasteiger partial charge in [-0.1, -0.05) is 24.3 Å². The molecule has 1 unspecified atom stereocenters. The maximum absolute atomic E-state index is 12.0. The second kappa shape index (κ2) is 5.64. The van der Waals surface area contributed by atoms with E-state index in [0.717, 1.165) is 18.5 Å². The van der Waals surface area contributed by atoms with Gasteiger partial charge in [0.25, 0.3) is 0 Å². The van der Waals surface area contributed by atoms with Crippen LogP contribution >= 0.6 is 0 Å². The van der Waals surface area contributed by atoms with E-state index >= 15 is 0 Å². The van der Waals surface area contributed by atoms with Crippen molar-refractivity contribution in [1.29, 1.82) is 0 Å². The molecule has 96 valence electrons. The van der Waals surface area contributed by atoms with Crippen LogP contribution in [0.25, 0.3) is 0 Å². The minimum absolute atomic E-state index is 0.102. The van der Waals surface area contributed by atoms with Gasteiger partial charge in [0.05, 0.1) is 7.11 Å². The SMILES string of the molecule is COC(=O)CNC(=O)C1NCCc2ccccc21. The molecular weight excluding hydrogens is 232 g/mol. The zero-order valence-electron chi connectivity index (χ0n) is 10.2. The minimum Gasteiger partial charge on any atom is -0.468 e. The summed E-state index contributed by atoms with van der Waals surface area (Å²) in [6.07, 6.45) is 0.914. The van der Waals surface area contributed by atoms with Crippen LogP contribution in [0.3, 0.4) is 0 Å². The van der Waals surface area contributed by atoms with Crippen LogP contribution in [0.1, 0.15) is 17.2 Å². The maximum atomic E-state index is 12.0. The van der Waals surface area contributed by atoms with Gasteiger partial charge in [-0.3, -0.25) is 9.59 Å². The third kappa shape index (κ3) is 2.68. The first-order valence-electron chi connectivity index (χ1n) is 5.88. The lowest BCUT2D eigenvalue weighted by atomic mass is 9.94. The third-order valence-corrected chi connectivity index (χ3v) is 3.01. The van der Waals surface area contributed by atoms with Gasteiger partial charge in [0, 0.05) is 6.54 Å². The zero-order valence-corrected chi connectivity index (χ0v) is 10.2. The van der Waals surface area contributed by atoms with Crippen LogP contribution in [0.2, 0.25) is 0 Å². The van der Waals surface area contributed by atoms with Gasteiger partial charge < -0.3 is 15.4 Å². The minimum atomic E-state index is -0.451. The molecular formula is C13H16N2O3. The molecule has 5 heteroatoms. The number of amides is 1. The lowest BCUT2D eigenvalue weighted by molar-refractivity contribution is -0.141. The summed E-state index contributed by atoms with van der Waals surface area (Å²) in [5, 5.41) is 5.72. The summed E-state index contributed by atoms with van der Waals surface area (Å²) in [6.45, 7) is 0.656. The first-order chi connectivity index (χ1) is 8.72. The van der Waals surface area contributed by atoms with Crippen molar-refractivity contribution in [3.63, 3.8) is 0 Å². The van der Waals surface area contributed by atoms with Gasteiger partial charge in [0.2, 0.25) is 5.91 Å². The molecule has 0 aliphatic carbocycles. The van der Waals surface area contributed by atoms with Crippen molar-refractivity contribution < 1.29 is 14.3 Å². The fourth-order valence-corrected chi connectivity index (χ4v) is 2.07. The molecule has 1 atom stereocenters. The Balaban J connectivity index is 2.06. The number of rotatable bonds is 3. The van der Waals surface area contributed by atoms with Crippen molar-refractivity contribution in [2.45, 2.75) is 12.5 Å². The molecule has 1 amide bonds. The van der Waals surface area contributed by atoms with Crippen LogP contribution in [0.4, 0.5) is 0 Å². The van der Waals surface area contributed by atoms with Gasteiger partial charge in [-0.05, 0) is 17.5 Å². The Morgan fingerprint density at radius 2 is 2.22 bits per heavy atom. The van der Waals surface area contributed by atoms with Crippen molar-refractivity contribution >= 4 is 11.9 Å². The molecule has 0 bridgehead atoms. The molecule has 1 aromatic rings. The lowest BCUT2D eigenvalue weighted by Crippen LogP contribution is -2.43. The van der Waals surface area contributed by atoms with Crippen molar-refractivity contribution in [2.24, 2.45) is 0 Å². The Bertz CT molecular complexity index is 459. The molecule has 0 saturated heterocycles. The summed E-state index contributed by atoms with van der Waals surface area (Å²) in [6, 6.07) is 7.44. The van der Waals surface area contributed by atoms with E-state index in [1.54, 1.807) is 0 Å². The van der Waals surface area contributed by atoms with Crippen molar-refractivity contribution in [3.05, 3.63) is 35.4 Å². The van der Waals surface area contributed by atoms with Crippen LogP contribution in [-0.4, -0.2) is 32.1 Å². The number of ether oxygens (including phenoxy) is 1. The van der Waals surface area contributed by atoms with E-state index < -0.39 is 5.97 Å². The first kappa shape index (κ1) is 12.6. The molecule has 0 saturated carbocycles.